The molecule has 0 amide bonds. The number of hydrogen-bond donors (Lipinski definition) is 1. The maximum absolute atomic E-state index is 9.00. The Morgan fingerprint density at radius 2 is 1.92 bits per heavy atom. The normalized spacial score (nSPS) is 9.33. The van der Waals surface area contributed by atoms with Crippen molar-refractivity contribution in [2.75, 3.05) is 0 Å². The van der Waals surface area contributed by atoms with Crippen LogP contribution in [0, 0.1) is 4.20 Å². The summed E-state index contributed by atoms with van der Waals surface area (Å²) in [6.45, 7) is 0.146. The van der Waals surface area contributed by atoms with Crippen LogP contribution in [-0.4, -0.2) is 5.11 Å². The Labute approximate surface area is 83.4 Å². The molecule has 0 heterocycles. The molecule has 1 aromatic carbocycles. The first kappa shape index (κ1) is 9.73. The molecule has 0 aliphatic carbocycles. The summed E-state index contributed by atoms with van der Waals surface area (Å²) in [6, 6.07) is 8.01. The average Bonchev–Trinajstić information content (AvgIpc) is 2.15. The Kier molecular flexibility index (Phi) is 4.32. The van der Waals surface area contributed by atoms with E-state index in [1.807, 2.05) is 18.2 Å². The Hall–Kier alpha value is -0.352. The fraction of sp³-hybridized carbons (Fsp3) is 0.300. The first-order valence-electron chi connectivity index (χ1n) is 3.91. The second kappa shape index (κ2) is 5.32. The van der Waals surface area contributed by atoms with Crippen LogP contribution in [0.15, 0.2) is 24.3 Å². The second-order valence-electron chi connectivity index (χ2n) is 2.57. The van der Waals surface area contributed by atoms with Gasteiger partial charge in [0.1, 0.15) is 0 Å². The molecule has 0 bridgehead atoms. The molecule has 1 aromatic rings. The van der Waals surface area contributed by atoms with Gasteiger partial charge in [-0.15, -0.1) is 0 Å². The van der Waals surface area contributed by atoms with Crippen LogP contribution in [0.3, 0.4) is 0 Å². The minimum absolute atomic E-state index is 0.146. The van der Waals surface area contributed by atoms with E-state index in [1.165, 1.54) is 24.7 Å². The zero-order valence-electron chi connectivity index (χ0n) is 6.79. The van der Waals surface area contributed by atoms with Gasteiger partial charge in [0.15, 0.2) is 0 Å². The van der Waals surface area contributed by atoms with Crippen LogP contribution < -0.4 is 0 Å². The molecular weight excluding hydrogens is 320 g/mol. The summed E-state index contributed by atoms with van der Waals surface area (Å²) in [7, 11) is 0. The fourth-order valence-electron chi connectivity index (χ4n) is 1.14. The van der Waals surface area contributed by atoms with Gasteiger partial charge < -0.3 is 0 Å². The molecule has 0 radical (unpaired) electrons. The van der Waals surface area contributed by atoms with Crippen molar-refractivity contribution in [1.82, 2.24) is 0 Å². The Balaban J connectivity index is 2.76. The van der Waals surface area contributed by atoms with Gasteiger partial charge in [-0.2, -0.15) is 0 Å². The van der Waals surface area contributed by atoms with Gasteiger partial charge in [-0.3, -0.25) is 0 Å². The average molecular weight is 331 g/mol. The minimum atomic E-state index is 0.146. The van der Waals surface area contributed by atoms with Crippen molar-refractivity contribution in [2.24, 2.45) is 0 Å². The van der Waals surface area contributed by atoms with Crippen molar-refractivity contribution in [3.8, 4) is 4.20 Å². The molecule has 2 heteroatoms. The third-order valence-electron chi connectivity index (χ3n) is 1.79. The van der Waals surface area contributed by atoms with Crippen molar-refractivity contribution >= 4 is 0 Å². The molecule has 0 aliphatic heterocycles. The molecule has 1 rings (SSSR count). The van der Waals surface area contributed by atoms with Gasteiger partial charge in [0, 0.05) is 0 Å². The SMILES string of the molecule is OCc1ccccc1CC[C]#[W+]. The molecule has 1 nitrogen and oxygen atoms in total. The Bertz CT molecular complexity index is 288. The van der Waals surface area contributed by atoms with Crippen LogP contribution in [0.25, 0.3) is 0 Å². The van der Waals surface area contributed by atoms with Gasteiger partial charge in [0.25, 0.3) is 0 Å². The molecule has 0 spiro atoms. The van der Waals surface area contributed by atoms with E-state index in [4.69, 9.17) is 5.11 Å². The van der Waals surface area contributed by atoms with E-state index < -0.39 is 0 Å². The van der Waals surface area contributed by atoms with E-state index >= 15 is 0 Å². The number of rotatable bonds is 3. The molecule has 0 aromatic heterocycles. The van der Waals surface area contributed by atoms with Crippen LogP contribution in [0.4, 0.5) is 0 Å². The molecule has 0 saturated carbocycles. The number of hydrogen-bond acceptors (Lipinski definition) is 1. The standard InChI is InChI=1S/C10H11O.W/c1-2-5-9-6-3-4-7-10(9)8-11;/h3-4,6-7,11H,2,5,8H2;/q;+1. The molecule has 1 N–H and O–H groups in total. The predicted octanol–water partition coefficient (Wildman–Crippen LogP) is 1.62. The third-order valence-corrected chi connectivity index (χ3v) is 2.52. The van der Waals surface area contributed by atoms with E-state index in [0.717, 1.165) is 18.4 Å². The summed E-state index contributed by atoms with van der Waals surface area (Å²) in [5, 5.41) is 9.00. The first-order chi connectivity index (χ1) is 5.88. The van der Waals surface area contributed by atoms with Crippen LogP contribution in [-0.2, 0) is 32.2 Å². The van der Waals surface area contributed by atoms with Crippen LogP contribution in [0.1, 0.15) is 17.5 Å². The van der Waals surface area contributed by atoms with E-state index in [1.54, 1.807) is 0 Å². The summed E-state index contributed by atoms with van der Waals surface area (Å²) >= 11 is 1.39. The monoisotopic (exact) mass is 331 g/mol. The van der Waals surface area contributed by atoms with E-state index in [-0.39, 0.29) is 6.61 Å². The Morgan fingerprint density at radius 1 is 1.25 bits per heavy atom. The second-order valence-corrected chi connectivity index (χ2v) is 3.61. The van der Waals surface area contributed by atoms with Crippen LogP contribution >= 0.6 is 0 Å². The van der Waals surface area contributed by atoms with Gasteiger partial charge in [0.05, 0.1) is 0 Å². The predicted molar refractivity (Wildman–Crippen MR) is 44.6 cm³/mol. The van der Waals surface area contributed by atoms with Gasteiger partial charge in [-0.1, -0.05) is 0 Å². The molecule has 62 valence electrons. The summed E-state index contributed by atoms with van der Waals surface area (Å²) in [4.78, 5) is 0. The molecule has 0 aliphatic rings. The van der Waals surface area contributed by atoms with Gasteiger partial charge >= 0.3 is 83.3 Å². The molecule has 12 heavy (non-hydrogen) atoms. The molecular formula is C10H11OW+. The summed E-state index contributed by atoms with van der Waals surface area (Å²) in [6.07, 6.45) is 1.99. The number of benzene rings is 1. The number of aryl methyl sites for hydroxylation is 1. The molecule has 0 atom stereocenters. The van der Waals surface area contributed by atoms with Crippen molar-refractivity contribution in [3.05, 3.63) is 35.4 Å². The molecule has 0 fully saturated rings. The number of aliphatic hydroxyl groups excluding tert-OH is 1. The van der Waals surface area contributed by atoms with Gasteiger partial charge in [0.2, 0.25) is 0 Å². The van der Waals surface area contributed by atoms with Crippen molar-refractivity contribution in [1.29, 1.82) is 0 Å². The van der Waals surface area contributed by atoms with Crippen molar-refractivity contribution in [2.45, 2.75) is 19.4 Å². The van der Waals surface area contributed by atoms with Crippen molar-refractivity contribution < 1.29 is 24.3 Å². The maximum atomic E-state index is 9.00. The van der Waals surface area contributed by atoms with E-state index in [9.17, 15) is 0 Å². The van der Waals surface area contributed by atoms with Gasteiger partial charge in [-0.25, -0.2) is 0 Å². The third kappa shape index (κ3) is 2.60. The fourth-order valence-corrected chi connectivity index (χ4v) is 1.51. The molecule has 0 saturated heterocycles. The van der Waals surface area contributed by atoms with E-state index in [0.29, 0.717) is 0 Å². The van der Waals surface area contributed by atoms with Crippen molar-refractivity contribution in [3.63, 3.8) is 0 Å². The quantitative estimate of drug-likeness (QED) is 0.893. The van der Waals surface area contributed by atoms with E-state index in [2.05, 4.69) is 10.3 Å². The van der Waals surface area contributed by atoms with Gasteiger partial charge in [-0.05, 0) is 0 Å². The first-order valence-corrected chi connectivity index (χ1v) is 5.38. The summed E-state index contributed by atoms with van der Waals surface area (Å²) < 4.78 is 3.17. The zero-order valence-corrected chi connectivity index (χ0v) is 9.72. The van der Waals surface area contributed by atoms with Crippen LogP contribution in [0.2, 0.25) is 0 Å². The number of aliphatic hydroxyl groups is 1. The van der Waals surface area contributed by atoms with Crippen LogP contribution in [0.5, 0.6) is 0 Å². The Morgan fingerprint density at radius 3 is 2.50 bits per heavy atom. The summed E-state index contributed by atoms with van der Waals surface area (Å²) in [5.74, 6) is 0. The summed E-state index contributed by atoms with van der Waals surface area (Å²) in [5.41, 5.74) is 2.29. The molecule has 0 unspecified atom stereocenters. The zero-order chi connectivity index (χ0) is 8.81. The topological polar surface area (TPSA) is 20.2 Å².